The molecular formula is C35H54N4O9. The second-order valence-electron chi connectivity index (χ2n) is 12.3. The Morgan fingerprint density at radius 1 is 1.06 bits per heavy atom. The number of amides is 3. The number of anilines is 1. The lowest BCUT2D eigenvalue weighted by Gasteiger charge is -2.33. The first-order chi connectivity index (χ1) is 22.7. The molecule has 1 aromatic rings. The van der Waals surface area contributed by atoms with Crippen molar-refractivity contribution in [2.24, 2.45) is 23.5 Å². The minimum Gasteiger partial charge on any atom is -0.505 e. The van der Waals surface area contributed by atoms with Crippen LogP contribution in [0.3, 0.4) is 0 Å². The van der Waals surface area contributed by atoms with Crippen LogP contribution in [0.15, 0.2) is 47.6 Å². The van der Waals surface area contributed by atoms with E-state index in [9.17, 15) is 19.5 Å². The fraction of sp³-hybridized carbons (Fsp3) is 0.571. The number of fused-ring (bicyclic) bond motifs is 2. The number of phenolic OH excluding ortho intramolecular Hbond substituents is 1. The minimum atomic E-state index is -0.904. The first-order valence-electron chi connectivity index (χ1n) is 16.0. The fourth-order valence-electron chi connectivity index (χ4n) is 5.89. The number of methoxy groups -OCH3 is 3. The summed E-state index contributed by atoms with van der Waals surface area (Å²) in [6.45, 7) is 10.2. The quantitative estimate of drug-likeness (QED) is 0.219. The molecule has 1 aromatic carbocycles. The molecule has 0 spiro atoms. The molecular weight excluding hydrogens is 620 g/mol. The van der Waals surface area contributed by atoms with Crippen LogP contribution >= 0.6 is 0 Å². The number of carbonyl (C=O) groups is 3. The van der Waals surface area contributed by atoms with Crippen LogP contribution in [-0.2, 0) is 23.7 Å². The van der Waals surface area contributed by atoms with Crippen molar-refractivity contribution in [1.29, 1.82) is 0 Å². The van der Waals surface area contributed by atoms with Gasteiger partial charge >= 0.3 is 12.2 Å². The van der Waals surface area contributed by atoms with Gasteiger partial charge in [0.25, 0.3) is 5.91 Å². The van der Waals surface area contributed by atoms with Crippen LogP contribution < -0.4 is 21.1 Å². The topological polar surface area (TPSA) is 171 Å². The molecule has 13 heteroatoms. The van der Waals surface area contributed by atoms with Gasteiger partial charge in [-0.1, -0.05) is 45.1 Å². The number of ether oxygens (including phenoxy) is 5. The summed E-state index contributed by atoms with van der Waals surface area (Å²) in [4.78, 5) is 39.5. The zero-order valence-corrected chi connectivity index (χ0v) is 29.9. The molecule has 0 radical (unpaired) electrons. The van der Waals surface area contributed by atoms with E-state index in [4.69, 9.17) is 29.4 Å². The first kappa shape index (κ1) is 40.3. The van der Waals surface area contributed by atoms with Crippen molar-refractivity contribution < 1.29 is 43.2 Å². The first-order valence-corrected chi connectivity index (χ1v) is 16.0. The van der Waals surface area contributed by atoms with Crippen LogP contribution in [0.2, 0.25) is 0 Å². The molecule has 0 fully saturated rings. The van der Waals surface area contributed by atoms with Crippen LogP contribution in [0.1, 0.15) is 52.7 Å². The number of benzene rings is 1. The number of carbonyl (C=O) groups excluding carboxylic acids is 3. The molecule has 0 aromatic heterocycles. The van der Waals surface area contributed by atoms with Gasteiger partial charge in [-0.3, -0.25) is 4.79 Å². The summed E-state index contributed by atoms with van der Waals surface area (Å²) in [6, 6.07) is 2.93. The Morgan fingerprint density at radius 2 is 1.75 bits per heavy atom. The standard InChI is InChI=1S/C35H54N4O9/c1-20-12-11-13-21(2)33(41)38-27-19-25(47-35(43)39(7)15-14-37-6)18-26(29(27)40)31(45-9)24(5)17-28(44-8)32(46-10)23(4)16-22(3)30(20)48-34(36)42/h11-13,16,18-20,23-24,28,30-32,37,40H,14-15,17H2,1-10H3,(H2,36,42)(H,38,41)/t20-,23-,24-,28-,30+,31+,32+/m0/s1. The number of primary amides is 1. The SMILES string of the molecule is CNCCN(C)C(=O)Oc1cc2c(O)c(c1)[C@H](OC)[C@@H](C)C[C@H](OC)[C@H](OC)[C@@H](C)C=C(C)[C@H](OC(N)=O)[C@@H](C)C=CC=C(C)C(=O)N2. The van der Waals surface area contributed by atoms with E-state index in [0.29, 0.717) is 30.6 Å². The van der Waals surface area contributed by atoms with E-state index in [2.05, 4.69) is 10.6 Å². The third-order valence-electron chi connectivity index (χ3n) is 8.53. The summed E-state index contributed by atoms with van der Waals surface area (Å²) in [5.74, 6) is -1.37. The Kier molecular flexibility index (Phi) is 16.1. The van der Waals surface area contributed by atoms with E-state index in [1.165, 1.54) is 24.1 Å². The number of rotatable bonds is 8. The maximum atomic E-state index is 13.3. The van der Waals surface area contributed by atoms with Crippen molar-refractivity contribution in [2.75, 3.05) is 53.8 Å². The van der Waals surface area contributed by atoms with Crippen LogP contribution in [0, 0.1) is 17.8 Å². The van der Waals surface area contributed by atoms with Gasteiger partial charge in [0.1, 0.15) is 17.6 Å². The van der Waals surface area contributed by atoms with Gasteiger partial charge in [0.2, 0.25) is 0 Å². The number of allylic oxidation sites excluding steroid dienone is 2. The summed E-state index contributed by atoms with van der Waals surface area (Å²) < 4.78 is 29.0. The summed E-state index contributed by atoms with van der Waals surface area (Å²) in [6.07, 6.45) is 3.77. The lowest BCUT2D eigenvalue weighted by molar-refractivity contribution is -0.112. The van der Waals surface area contributed by atoms with Gasteiger partial charge in [-0.05, 0) is 44.9 Å². The van der Waals surface area contributed by atoms with Gasteiger partial charge in [-0.25, -0.2) is 9.59 Å². The lowest BCUT2D eigenvalue weighted by atomic mass is 9.86. The fourth-order valence-corrected chi connectivity index (χ4v) is 5.89. The molecule has 13 nitrogen and oxygen atoms in total. The van der Waals surface area contributed by atoms with Gasteiger partial charge < -0.3 is 50.1 Å². The molecule has 0 unspecified atom stereocenters. The monoisotopic (exact) mass is 674 g/mol. The van der Waals surface area contributed by atoms with Gasteiger partial charge in [0.15, 0.2) is 0 Å². The molecule has 268 valence electrons. The molecule has 5 N–H and O–H groups in total. The molecule has 48 heavy (non-hydrogen) atoms. The summed E-state index contributed by atoms with van der Waals surface area (Å²) >= 11 is 0. The Bertz CT molecular complexity index is 1350. The van der Waals surface area contributed by atoms with Crippen LogP contribution in [0.5, 0.6) is 11.5 Å². The maximum Gasteiger partial charge on any atom is 0.415 e. The molecule has 2 bridgehead atoms. The maximum absolute atomic E-state index is 13.3. The van der Waals surface area contributed by atoms with Crippen molar-refractivity contribution >= 4 is 23.8 Å². The number of hydrogen-bond donors (Lipinski definition) is 4. The third-order valence-corrected chi connectivity index (χ3v) is 8.53. The number of nitrogens with one attached hydrogen (secondary N) is 2. The van der Waals surface area contributed by atoms with Crippen molar-refractivity contribution in [1.82, 2.24) is 10.2 Å². The minimum absolute atomic E-state index is 0.0388. The summed E-state index contributed by atoms with van der Waals surface area (Å²) in [5, 5.41) is 17.2. The predicted molar refractivity (Wildman–Crippen MR) is 184 cm³/mol. The van der Waals surface area contributed by atoms with Crippen LogP contribution in [-0.4, -0.2) is 94.9 Å². The van der Waals surface area contributed by atoms with Gasteiger partial charge in [-0.2, -0.15) is 0 Å². The number of aromatic hydroxyl groups is 1. The smallest absolute Gasteiger partial charge is 0.415 e. The number of nitrogens with zero attached hydrogens (tertiary/aromatic N) is 1. The van der Waals surface area contributed by atoms with Gasteiger partial charge in [-0.15, -0.1) is 0 Å². The van der Waals surface area contributed by atoms with E-state index in [0.717, 1.165) is 5.57 Å². The van der Waals surface area contributed by atoms with E-state index in [1.54, 1.807) is 53.5 Å². The molecule has 7 atom stereocenters. The van der Waals surface area contributed by atoms with Crippen molar-refractivity contribution in [2.45, 2.75) is 65.5 Å². The average molecular weight is 675 g/mol. The number of likely N-dealkylation sites (N-methyl/N-ethyl adjacent to an activating group) is 2. The Balaban J connectivity index is 2.73. The predicted octanol–water partition coefficient (Wildman–Crippen LogP) is 4.92. The zero-order chi connectivity index (χ0) is 36.1. The number of hydrogen-bond acceptors (Lipinski definition) is 10. The number of nitrogens with two attached hydrogens (primary N) is 1. The van der Waals surface area contributed by atoms with E-state index >= 15 is 0 Å². The van der Waals surface area contributed by atoms with E-state index in [-0.39, 0.29) is 34.9 Å². The van der Waals surface area contributed by atoms with Crippen LogP contribution in [0.25, 0.3) is 0 Å². The van der Waals surface area contributed by atoms with Crippen molar-refractivity contribution in [3.63, 3.8) is 0 Å². The highest BCUT2D eigenvalue weighted by Crippen LogP contribution is 2.42. The van der Waals surface area contributed by atoms with Crippen molar-refractivity contribution in [3.8, 4) is 11.5 Å². The Hall–Kier alpha value is -3.91. The molecule has 0 saturated heterocycles. The normalized spacial score (nSPS) is 25.8. The Morgan fingerprint density at radius 3 is 2.33 bits per heavy atom. The van der Waals surface area contributed by atoms with E-state index in [1.807, 2.05) is 33.8 Å². The van der Waals surface area contributed by atoms with Crippen LogP contribution in [0.4, 0.5) is 15.3 Å². The lowest BCUT2D eigenvalue weighted by Crippen LogP contribution is -2.37. The summed E-state index contributed by atoms with van der Waals surface area (Å²) in [5.41, 5.74) is 6.88. The average Bonchev–Trinajstić information content (AvgIpc) is 3.03. The molecule has 1 heterocycles. The Labute approximate surface area is 284 Å². The highest BCUT2D eigenvalue weighted by molar-refractivity contribution is 6.04. The van der Waals surface area contributed by atoms with Gasteiger partial charge in [0.05, 0.1) is 24.0 Å². The second-order valence-corrected chi connectivity index (χ2v) is 12.3. The second kappa shape index (κ2) is 19.2. The molecule has 3 amide bonds. The highest BCUT2D eigenvalue weighted by atomic mass is 16.6. The molecule has 1 aliphatic rings. The molecule has 1 aliphatic heterocycles. The van der Waals surface area contributed by atoms with E-state index < -0.39 is 42.5 Å². The molecule has 2 rings (SSSR count). The largest absolute Gasteiger partial charge is 0.505 e. The van der Waals surface area contributed by atoms with Crippen molar-refractivity contribution in [3.05, 3.63) is 53.1 Å². The third kappa shape index (κ3) is 11.1. The zero-order valence-electron chi connectivity index (χ0n) is 29.9. The van der Waals surface area contributed by atoms with Gasteiger partial charge in [0, 0.05) is 70.5 Å². The molecule has 0 saturated carbocycles. The molecule has 0 aliphatic carbocycles. The highest BCUT2D eigenvalue weighted by Gasteiger charge is 2.33. The summed E-state index contributed by atoms with van der Waals surface area (Å²) in [7, 11) is 8.11. The number of phenols is 1.